The van der Waals surface area contributed by atoms with Crippen molar-refractivity contribution in [2.24, 2.45) is 10.7 Å². The topological polar surface area (TPSA) is 38.4 Å². The Kier molecular flexibility index (Phi) is 6.14. The molecule has 0 aromatic heterocycles. The molecule has 2 nitrogen and oxygen atoms in total. The third-order valence-corrected chi connectivity index (χ3v) is 0.710. The minimum absolute atomic E-state index is 1.02. The average Bonchev–Trinajstić information content (AvgIpc) is 1.89. The van der Waals surface area contributed by atoms with Crippen molar-refractivity contribution in [2.75, 3.05) is 0 Å². The van der Waals surface area contributed by atoms with E-state index in [-0.39, 0.29) is 0 Å². The summed E-state index contributed by atoms with van der Waals surface area (Å²) in [5.74, 6) is 0. The molecule has 0 heterocycles. The second kappa shape index (κ2) is 6.95. The molecule has 9 heavy (non-hydrogen) atoms. The number of rotatable bonds is 3. The van der Waals surface area contributed by atoms with Gasteiger partial charge in [-0.15, -0.1) is 0 Å². The Hall–Kier alpha value is -1.05. The van der Waals surface area contributed by atoms with Gasteiger partial charge in [0.05, 0.1) is 0 Å². The van der Waals surface area contributed by atoms with E-state index < -0.39 is 0 Å². The predicted molar refractivity (Wildman–Crippen MR) is 41.3 cm³/mol. The van der Waals surface area contributed by atoms with Crippen molar-refractivity contribution in [3.8, 4) is 0 Å². The van der Waals surface area contributed by atoms with E-state index in [9.17, 15) is 0 Å². The molecular formula is C7H12N2. The first-order valence-corrected chi connectivity index (χ1v) is 2.97. The summed E-state index contributed by atoms with van der Waals surface area (Å²) >= 11 is 0. The molecule has 2 N–H and O–H groups in total. The van der Waals surface area contributed by atoms with Crippen molar-refractivity contribution in [1.29, 1.82) is 0 Å². The molecule has 0 atom stereocenters. The summed E-state index contributed by atoms with van der Waals surface area (Å²) in [6.45, 7) is 2.06. The van der Waals surface area contributed by atoms with Gasteiger partial charge in [0, 0.05) is 12.4 Å². The molecule has 0 spiro atoms. The highest BCUT2D eigenvalue weighted by Gasteiger charge is 1.60. The Morgan fingerprint density at radius 1 is 1.56 bits per heavy atom. The lowest BCUT2D eigenvalue weighted by atomic mass is 10.5. The summed E-state index contributed by atoms with van der Waals surface area (Å²) in [7, 11) is 0. The van der Waals surface area contributed by atoms with Crippen molar-refractivity contribution >= 4 is 6.21 Å². The van der Waals surface area contributed by atoms with E-state index in [0.717, 1.165) is 6.42 Å². The fourth-order valence-corrected chi connectivity index (χ4v) is 0.315. The van der Waals surface area contributed by atoms with E-state index in [0.29, 0.717) is 0 Å². The van der Waals surface area contributed by atoms with E-state index >= 15 is 0 Å². The van der Waals surface area contributed by atoms with Crippen molar-refractivity contribution in [3.63, 3.8) is 0 Å². The van der Waals surface area contributed by atoms with Crippen LogP contribution in [0.4, 0.5) is 0 Å². The monoisotopic (exact) mass is 124 g/mol. The van der Waals surface area contributed by atoms with Crippen LogP contribution in [0.15, 0.2) is 29.5 Å². The van der Waals surface area contributed by atoms with Crippen molar-refractivity contribution in [1.82, 2.24) is 0 Å². The normalized spacial score (nSPS) is 12.6. The van der Waals surface area contributed by atoms with Gasteiger partial charge in [-0.3, -0.25) is 4.99 Å². The van der Waals surface area contributed by atoms with Gasteiger partial charge in [-0.25, -0.2) is 0 Å². The third-order valence-electron chi connectivity index (χ3n) is 0.710. The van der Waals surface area contributed by atoms with E-state index in [2.05, 4.69) is 11.9 Å². The minimum Gasteiger partial charge on any atom is -0.405 e. The van der Waals surface area contributed by atoms with Crippen LogP contribution in [0, 0.1) is 0 Å². The number of nitrogens with two attached hydrogens (primary N) is 1. The molecule has 0 aromatic rings. The highest BCUT2D eigenvalue weighted by atomic mass is 14.7. The Bertz CT molecular complexity index is 123. The molecule has 0 saturated heterocycles. The molecule has 0 fully saturated rings. The fourth-order valence-electron chi connectivity index (χ4n) is 0.315. The standard InChI is InChI=1S/C7H12N2/c1-2-3-6-9-7-4-5-8/h3-7H,2,8H2,1H3/b5-4?,6-3-,9-7?. The predicted octanol–water partition coefficient (Wildman–Crippen LogP) is 1.45. The van der Waals surface area contributed by atoms with Crippen LogP contribution in [0.3, 0.4) is 0 Å². The summed E-state index contributed by atoms with van der Waals surface area (Å²) in [5.41, 5.74) is 5.05. The van der Waals surface area contributed by atoms with Gasteiger partial charge >= 0.3 is 0 Å². The van der Waals surface area contributed by atoms with Crippen molar-refractivity contribution in [3.05, 3.63) is 24.6 Å². The molecule has 0 aliphatic carbocycles. The maximum absolute atomic E-state index is 5.05. The van der Waals surface area contributed by atoms with Gasteiger partial charge in [0.1, 0.15) is 0 Å². The first-order valence-electron chi connectivity index (χ1n) is 2.97. The van der Waals surface area contributed by atoms with Gasteiger partial charge < -0.3 is 5.73 Å². The third kappa shape index (κ3) is 6.95. The highest BCUT2D eigenvalue weighted by Crippen LogP contribution is 1.78. The van der Waals surface area contributed by atoms with Crippen LogP contribution >= 0.6 is 0 Å². The molecule has 0 rings (SSSR count). The van der Waals surface area contributed by atoms with Crippen LogP contribution in [-0.4, -0.2) is 6.21 Å². The second-order valence-electron chi connectivity index (χ2n) is 1.48. The summed E-state index contributed by atoms with van der Waals surface area (Å²) in [5, 5.41) is 0. The maximum atomic E-state index is 5.05. The molecular weight excluding hydrogens is 112 g/mol. The average molecular weight is 124 g/mol. The SMILES string of the molecule is CC/C=C\N=CC=CN. The molecule has 2 heteroatoms. The van der Waals surface area contributed by atoms with Gasteiger partial charge in [0.25, 0.3) is 0 Å². The van der Waals surface area contributed by atoms with E-state index in [1.807, 2.05) is 6.08 Å². The van der Waals surface area contributed by atoms with Gasteiger partial charge in [-0.2, -0.15) is 0 Å². The maximum Gasteiger partial charge on any atom is 0.0281 e. The number of nitrogens with zero attached hydrogens (tertiary/aromatic N) is 1. The van der Waals surface area contributed by atoms with Crippen LogP contribution in [0.5, 0.6) is 0 Å². The number of aliphatic imine (C=N–C) groups is 1. The number of hydrogen-bond acceptors (Lipinski definition) is 2. The van der Waals surface area contributed by atoms with E-state index in [1.165, 1.54) is 6.20 Å². The highest BCUT2D eigenvalue weighted by molar-refractivity contribution is 5.71. The Labute approximate surface area is 55.8 Å². The molecule has 0 bridgehead atoms. The largest absolute Gasteiger partial charge is 0.405 e. The lowest BCUT2D eigenvalue weighted by Gasteiger charge is -1.73. The van der Waals surface area contributed by atoms with E-state index in [1.54, 1.807) is 18.5 Å². The van der Waals surface area contributed by atoms with Crippen LogP contribution < -0.4 is 5.73 Å². The lowest BCUT2D eigenvalue weighted by molar-refractivity contribution is 1.21. The lowest BCUT2D eigenvalue weighted by Crippen LogP contribution is -1.74. The molecule has 0 amide bonds. The van der Waals surface area contributed by atoms with E-state index in [4.69, 9.17) is 5.73 Å². The molecule has 0 aliphatic heterocycles. The molecule has 0 unspecified atom stereocenters. The van der Waals surface area contributed by atoms with Crippen molar-refractivity contribution < 1.29 is 0 Å². The zero-order chi connectivity index (χ0) is 6.95. The number of hydrogen-bond donors (Lipinski definition) is 1. The molecule has 0 aromatic carbocycles. The van der Waals surface area contributed by atoms with Crippen LogP contribution in [0.1, 0.15) is 13.3 Å². The summed E-state index contributed by atoms with van der Waals surface area (Å²) < 4.78 is 0. The smallest absolute Gasteiger partial charge is 0.0281 e. The van der Waals surface area contributed by atoms with Gasteiger partial charge in [-0.05, 0) is 18.7 Å². The summed E-state index contributed by atoms with van der Waals surface area (Å²) in [6, 6.07) is 0. The van der Waals surface area contributed by atoms with Gasteiger partial charge in [0.2, 0.25) is 0 Å². The minimum atomic E-state index is 1.02. The molecule has 0 radical (unpaired) electrons. The summed E-state index contributed by atoms with van der Waals surface area (Å²) in [6.07, 6.45) is 9.51. The van der Waals surface area contributed by atoms with Gasteiger partial charge in [0.15, 0.2) is 0 Å². The Balaban J connectivity index is 3.35. The molecule has 50 valence electrons. The van der Waals surface area contributed by atoms with Crippen molar-refractivity contribution in [2.45, 2.75) is 13.3 Å². The Morgan fingerprint density at radius 3 is 2.89 bits per heavy atom. The van der Waals surface area contributed by atoms with Crippen LogP contribution in [0.2, 0.25) is 0 Å². The van der Waals surface area contributed by atoms with Crippen LogP contribution in [-0.2, 0) is 0 Å². The summed E-state index contributed by atoms with van der Waals surface area (Å²) in [4.78, 5) is 3.88. The quantitative estimate of drug-likeness (QED) is 0.568. The second-order valence-corrected chi connectivity index (χ2v) is 1.48. The zero-order valence-electron chi connectivity index (χ0n) is 5.62. The number of allylic oxidation sites excluding steroid dienone is 2. The van der Waals surface area contributed by atoms with Crippen LogP contribution in [0.25, 0.3) is 0 Å². The van der Waals surface area contributed by atoms with Gasteiger partial charge in [-0.1, -0.05) is 13.0 Å². The molecule has 0 saturated carbocycles. The fraction of sp³-hybridized carbons (Fsp3) is 0.286. The molecule has 0 aliphatic rings. The first kappa shape index (κ1) is 7.95. The first-order chi connectivity index (χ1) is 4.41. The Morgan fingerprint density at radius 2 is 2.33 bits per heavy atom. The zero-order valence-corrected chi connectivity index (χ0v) is 5.62.